The molecule has 0 aliphatic rings. The van der Waals surface area contributed by atoms with E-state index >= 15 is 0 Å². The van der Waals surface area contributed by atoms with Gasteiger partial charge < -0.3 is 5.32 Å². The first-order chi connectivity index (χ1) is 8.65. The van der Waals surface area contributed by atoms with Gasteiger partial charge >= 0.3 is 0 Å². The molecule has 0 unspecified atom stereocenters. The fourth-order valence-corrected chi connectivity index (χ4v) is 2.98. The second-order valence-electron chi connectivity index (χ2n) is 3.77. The van der Waals surface area contributed by atoms with Crippen molar-refractivity contribution in [3.63, 3.8) is 0 Å². The van der Waals surface area contributed by atoms with Gasteiger partial charge in [-0.1, -0.05) is 6.92 Å². The summed E-state index contributed by atoms with van der Waals surface area (Å²) < 4.78 is 1.10. The Balaban J connectivity index is 2.37. The van der Waals surface area contributed by atoms with E-state index in [0.29, 0.717) is 19.5 Å². The Morgan fingerprint density at radius 2 is 2.39 bits per heavy atom. The van der Waals surface area contributed by atoms with E-state index in [1.807, 2.05) is 19.1 Å². The highest BCUT2D eigenvalue weighted by atomic mass is 79.9. The average Bonchev–Trinajstić information content (AvgIpc) is 2.74. The van der Waals surface area contributed by atoms with Crippen molar-refractivity contribution in [2.24, 2.45) is 0 Å². The third kappa shape index (κ3) is 5.63. The molecule has 1 N–H and O–H groups in total. The fraction of sp³-hybridized carbons (Fsp3) is 0.500. The van der Waals surface area contributed by atoms with E-state index in [4.69, 9.17) is 5.26 Å². The molecule has 0 saturated carbocycles. The van der Waals surface area contributed by atoms with Crippen LogP contribution in [0.1, 0.15) is 18.2 Å². The van der Waals surface area contributed by atoms with Crippen molar-refractivity contribution in [1.82, 2.24) is 10.2 Å². The summed E-state index contributed by atoms with van der Waals surface area (Å²) >= 11 is 5.11. The highest BCUT2D eigenvalue weighted by Gasteiger charge is 2.10. The van der Waals surface area contributed by atoms with Gasteiger partial charge in [0.05, 0.1) is 22.8 Å². The van der Waals surface area contributed by atoms with Crippen LogP contribution in [-0.2, 0) is 11.3 Å². The predicted molar refractivity (Wildman–Crippen MR) is 76.2 cm³/mol. The predicted octanol–water partition coefficient (Wildman–Crippen LogP) is 2.36. The van der Waals surface area contributed by atoms with E-state index < -0.39 is 0 Å². The Morgan fingerprint density at radius 3 is 2.94 bits per heavy atom. The maximum atomic E-state index is 11.6. The summed E-state index contributed by atoms with van der Waals surface area (Å²) in [7, 11) is 0. The molecule has 0 bridgehead atoms. The Hall–Kier alpha value is -0.900. The van der Waals surface area contributed by atoms with Crippen molar-refractivity contribution in [3.8, 4) is 6.07 Å². The molecule has 4 nitrogen and oxygen atoms in total. The van der Waals surface area contributed by atoms with Gasteiger partial charge in [-0.15, -0.1) is 11.3 Å². The zero-order chi connectivity index (χ0) is 13.4. The summed E-state index contributed by atoms with van der Waals surface area (Å²) in [5.41, 5.74) is 0. The van der Waals surface area contributed by atoms with Crippen molar-refractivity contribution in [3.05, 3.63) is 20.8 Å². The monoisotopic (exact) mass is 329 g/mol. The average molecular weight is 330 g/mol. The van der Waals surface area contributed by atoms with E-state index in [-0.39, 0.29) is 5.91 Å². The highest BCUT2D eigenvalue weighted by Crippen LogP contribution is 2.23. The molecule has 1 aromatic heterocycles. The summed E-state index contributed by atoms with van der Waals surface area (Å²) in [6, 6.07) is 6.08. The van der Waals surface area contributed by atoms with Crippen LogP contribution < -0.4 is 5.32 Å². The SMILES string of the molecule is CCN(CC(=O)NCCC#N)Cc1ccc(Br)s1. The fourth-order valence-electron chi connectivity index (χ4n) is 1.45. The molecule has 1 aromatic rings. The number of hydrogen-bond acceptors (Lipinski definition) is 4. The number of carbonyl (C=O) groups is 1. The van der Waals surface area contributed by atoms with Crippen molar-refractivity contribution in [2.75, 3.05) is 19.6 Å². The van der Waals surface area contributed by atoms with E-state index in [1.165, 1.54) is 4.88 Å². The standard InChI is InChI=1S/C12H16BrN3OS/c1-2-16(8-10-4-5-11(13)18-10)9-12(17)15-7-3-6-14/h4-5H,2-3,7-9H2,1H3,(H,15,17). The van der Waals surface area contributed by atoms with Gasteiger partial charge in [0.15, 0.2) is 0 Å². The Morgan fingerprint density at radius 1 is 1.61 bits per heavy atom. The lowest BCUT2D eigenvalue weighted by Crippen LogP contribution is -2.37. The Kier molecular flexibility index (Phi) is 6.94. The lowest BCUT2D eigenvalue weighted by molar-refractivity contribution is -0.122. The van der Waals surface area contributed by atoms with Crippen LogP contribution in [0.15, 0.2) is 15.9 Å². The molecule has 0 aliphatic heterocycles. The number of halogens is 1. The highest BCUT2D eigenvalue weighted by molar-refractivity contribution is 9.11. The number of nitrogens with zero attached hydrogens (tertiary/aromatic N) is 2. The number of amides is 1. The zero-order valence-corrected chi connectivity index (χ0v) is 12.7. The van der Waals surface area contributed by atoms with Crippen LogP contribution in [0.5, 0.6) is 0 Å². The van der Waals surface area contributed by atoms with Crippen LogP contribution in [0.4, 0.5) is 0 Å². The van der Waals surface area contributed by atoms with E-state index in [1.54, 1.807) is 11.3 Å². The number of thiophene rings is 1. The summed E-state index contributed by atoms with van der Waals surface area (Å²) in [6.45, 7) is 4.43. The zero-order valence-electron chi connectivity index (χ0n) is 10.3. The lowest BCUT2D eigenvalue weighted by Gasteiger charge is -2.18. The molecule has 0 fully saturated rings. The quantitative estimate of drug-likeness (QED) is 0.781. The lowest BCUT2D eigenvalue weighted by atomic mass is 10.4. The van der Waals surface area contributed by atoms with E-state index in [0.717, 1.165) is 16.9 Å². The second-order valence-corrected chi connectivity index (χ2v) is 6.31. The van der Waals surface area contributed by atoms with Gasteiger partial charge in [0.25, 0.3) is 0 Å². The van der Waals surface area contributed by atoms with Crippen LogP contribution in [0, 0.1) is 11.3 Å². The van der Waals surface area contributed by atoms with Crippen LogP contribution >= 0.6 is 27.3 Å². The van der Waals surface area contributed by atoms with Gasteiger partial charge in [0.1, 0.15) is 0 Å². The number of rotatable bonds is 7. The molecule has 1 rings (SSSR count). The molecule has 0 atom stereocenters. The molecule has 6 heteroatoms. The third-order valence-electron chi connectivity index (χ3n) is 2.38. The van der Waals surface area contributed by atoms with Crippen LogP contribution in [0.25, 0.3) is 0 Å². The molecule has 0 spiro atoms. The minimum absolute atomic E-state index is 0.0253. The molecule has 0 aromatic carbocycles. The molecular weight excluding hydrogens is 314 g/mol. The third-order valence-corrected chi connectivity index (χ3v) is 3.99. The number of nitrogens with one attached hydrogen (secondary N) is 1. The second kappa shape index (κ2) is 8.25. The van der Waals surface area contributed by atoms with E-state index in [2.05, 4.69) is 32.2 Å². The molecule has 0 radical (unpaired) electrons. The summed E-state index contributed by atoms with van der Waals surface area (Å²) in [4.78, 5) is 14.9. The van der Waals surface area contributed by atoms with Crippen LogP contribution in [0.3, 0.4) is 0 Å². The van der Waals surface area contributed by atoms with Crippen molar-refractivity contribution < 1.29 is 4.79 Å². The van der Waals surface area contributed by atoms with Gasteiger partial charge in [0.2, 0.25) is 5.91 Å². The minimum atomic E-state index is -0.0253. The first kappa shape index (κ1) is 15.2. The summed E-state index contributed by atoms with van der Waals surface area (Å²) in [5, 5.41) is 11.1. The molecular formula is C12H16BrN3OS. The van der Waals surface area contributed by atoms with Crippen LogP contribution in [0.2, 0.25) is 0 Å². The molecule has 0 aliphatic carbocycles. The smallest absolute Gasteiger partial charge is 0.234 e. The minimum Gasteiger partial charge on any atom is -0.354 e. The van der Waals surface area contributed by atoms with Gasteiger partial charge in [-0.3, -0.25) is 9.69 Å². The topological polar surface area (TPSA) is 56.1 Å². The number of carbonyl (C=O) groups excluding carboxylic acids is 1. The summed E-state index contributed by atoms with van der Waals surface area (Å²) in [5.74, 6) is -0.0253. The number of likely N-dealkylation sites (N-methyl/N-ethyl adjacent to an activating group) is 1. The normalized spacial score (nSPS) is 10.3. The molecule has 1 heterocycles. The van der Waals surface area contributed by atoms with Crippen molar-refractivity contribution in [1.29, 1.82) is 5.26 Å². The Labute approximate surface area is 120 Å². The maximum Gasteiger partial charge on any atom is 0.234 e. The molecule has 18 heavy (non-hydrogen) atoms. The van der Waals surface area contributed by atoms with Crippen molar-refractivity contribution in [2.45, 2.75) is 19.9 Å². The summed E-state index contributed by atoms with van der Waals surface area (Å²) in [6.07, 6.45) is 0.357. The van der Waals surface area contributed by atoms with Gasteiger partial charge in [-0.25, -0.2) is 0 Å². The van der Waals surface area contributed by atoms with Crippen LogP contribution in [-0.4, -0.2) is 30.4 Å². The molecule has 0 saturated heterocycles. The largest absolute Gasteiger partial charge is 0.354 e. The number of hydrogen-bond donors (Lipinski definition) is 1. The van der Waals surface area contributed by atoms with Gasteiger partial charge in [-0.2, -0.15) is 5.26 Å². The first-order valence-corrected chi connectivity index (χ1v) is 7.37. The molecule has 98 valence electrons. The molecule has 1 amide bonds. The first-order valence-electron chi connectivity index (χ1n) is 5.76. The van der Waals surface area contributed by atoms with E-state index in [9.17, 15) is 4.79 Å². The number of nitriles is 1. The van der Waals surface area contributed by atoms with Gasteiger partial charge in [0, 0.05) is 18.0 Å². The van der Waals surface area contributed by atoms with Crippen molar-refractivity contribution >= 4 is 33.2 Å². The maximum absolute atomic E-state index is 11.6. The van der Waals surface area contributed by atoms with Gasteiger partial charge in [-0.05, 0) is 34.6 Å². The Bertz CT molecular complexity index is 427.